The molecule has 1 unspecified atom stereocenters. The highest BCUT2D eigenvalue weighted by Gasteiger charge is 2.50. The second-order valence-corrected chi connectivity index (χ2v) is 16.9. The Balaban J connectivity index is 1.66. The normalized spacial score (nSPS) is 18.9. The summed E-state index contributed by atoms with van der Waals surface area (Å²) >= 11 is 0. The van der Waals surface area contributed by atoms with E-state index >= 15 is 0 Å². The Labute approximate surface area is 354 Å². The first-order valence-electron chi connectivity index (χ1n) is 21.0. The van der Waals surface area contributed by atoms with Crippen LogP contribution in [0.3, 0.4) is 0 Å². The van der Waals surface area contributed by atoms with Crippen LogP contribution in [0.1, 0.15) is 71.4 Å². The molecule has 6 atom stereocenters. The number of nitrogens with zero attached hydrogens (tertiary/aromatic N) is 2. The van der Waals surface area contributed by atoms with Gasteiger partial charge in [0.05, 0.1) is 38.3 Å². The fourth-order valence-electron chi connectivity index (χ4n) is 7.33. The maximum Gasteiger partial charge on any atom is 0.309 e. The molecule has 4 amide bonds. The van der Waals surface area contributed by atoms with Crippen molar-refractivity contribution < 1.29 is 43.3 Å². The standard InChI is InChI=1S/C46H63N5O9/c1-7-14-35(45(57)58)28-51(40(52)29-50-21-23-59-24-22-50)39(20-19-33-15-10-8-11-16-33)44(56)49-37(26-32(4)5)42(54)48-38(27-34-17-12-9-13-18-34)43(55)47-36(25-31(2)3)41(53)46(6)30-60-46/h1,8-13,15-18,31-32,35-39H,14,19-30H2,2-6H3,(H,47,55)(H,48,54)(H,49,56)(H,57,58)/t35?,36-,37-,38-,39-,46+/m0/s1. The van der Waals surface area contributed by atoms with Gasteiger partial charge in [-0.2, -0.15) is 0 Å². The van der Waals surface area contributed by atoms with Crippen LogP contribution in [0.5, 0.6) is 0 Å². The fraction of sp³-hybridized carbons (Fsp3) is 0.565. The lowest BCUT2D eigenvalue weighted by molar-refractivity contribution is -0.148. The molecule has 2 heterocycles. The zero-order chi connectivity index (χ0) is 43.8. The molecule has 14 heteroatoms. The first-order chi connectivity index (χ1) is 28.6. The van der Waals surface area contributed by atoms with E-state index < -0.39 is 65.3 Å². The number of morpholine rings is 1. The summed E-state index contributed by atoms with van der Waals surface area (Å²) in [4.78, 5) is 86.6. The average Bonchev–Trinajstić information content (AvgIpc) is 3.97. The van der Waals surface area contributed by atoms with E-state index in [0.29, 0.717) is 39.1 Å². The van der Waals surface area contributed by atoms with Crippen LogP contribution in [0.15, 0.2) is 60.7 Å². The molecule has 2 aromatic carbocycles. The summed E-state index contributed by atoms with van der Waals surface area (Å²) in [6, 6.07) is 14.3. The van der Waals surface area contributed by atoms with Gasteiger partial charge in [-0.05, 0) is 55.6 Å². The molecule has 2 saturated heterocycles. The Morgan fingerprint density at radius 1 is 0.817 bits per heavy atom. The molecule has 326 valence electrons. The lowest BCUT2D eigenvalue weighted by atomic mass is 9.93. The summed E-state index contributed by atoms with van der Waals surface area (Å²) in [6.45, 7) is 11.1. The molecule has 4 rings (SSSR count). The molecule has 0 bridgehead atoms. The fourth-order valence-corrected chi connectivity index (χ4v) is 7.33. The van der Waals surface area contributed by atoms with Gasteiger partial charge in [0, 0.05) is 32.5 Å². The maximum atomic E-state index is 14.7. The second kappa shape index (κ2) is 23.0. The van der Waals surface area contributed by atoms with E-state index in [1.54, 1.807) is 6.92 Å². The van der Waals surface area contributed by atoms with Gasteiger partial charge >= 0.3 is 5.97 Å². The number of ketones is 1. The van der Waals surface area contributed by atoms with Gasteiger partial charge < -0.3 is 35.4 Å². The molecule has 14 nitrogen and oxygen atoms in total. The van der Waals surface area contributed by atoms with E-state index in [0.717, 1.165) is 11.1 Å². The van der Waals surface area contributed by atoms with Crippen LogP contribution in [0.25, 0.3) is 0 Å². The number of carbonyl (C=O) groups excluding carboxylic acids is 5. The largest absolute Gasteiger partial charge is 0.481 e. The van der Waals surface area contributed by atoms with Crippen molar-refractivity contribution in [1.82, 2.24) is 25.8 Å². The SMILES string of the molecule is C#CCC(CN(C(=O)CN1CCOCC1)[C@@H](CCc1ccccc1)C(=O)N[C@@H](CC(C)C)C(=O)N[C@@H](Cc1ccccc1)C(=O)N[C@@H](CC(C)C)C(=O)[C@@]1(C)CO1)C(=O)O. The molecule has 0 aliphatic carbocycles. The molecular weight excluding hydrogens is 767 g/mol. The zero-order valence-electron chi connectivity index (χ0n) is 35.7. The topological polar surface area (TPSA) is 187 Å². The number of epoxide rings is 1. The van der Waals surface area contributed by atoms with Crippen molar-refractivity contribution in [2.75, 3.05) is 46.0 Å². The van der Waals surface area contributed by atoms with E-state index in [9.17, 15) is 33.9 Å². The smallest absolute Gasteiger partial charge is 0.309 e. The highest BCUT2D eigenvalue weighted by Crippen LogP contribution is 2.30. The van der Waals surface area contributed by atoms with Gasteiger partial charge in [0.25, 0.3) is 0 Å². The van der Waals surface area contributed by atoms with Gasteiger partial charge in [0.15, 0.2) is 5.78 Å². The minimum absolute atomic E-state index is 0.0708. The molecule has 2 aliphatic heterocycles. The molecule has 0 radical (unpaired) electrons. The van der Waals surface area contributed by atoms with E-state index in [-0.39, 0.29) is 63.0 Å². The maximum absolute atomic E-state index is 14.7. The third-order valence-electron chi connectivity index (χ3n) is 10.8. The Kier molecular flexibility index (Phi) is 18.3. The molecule has 0 saturated carbocycles. The third kappa shape index (κ3) is 14.9. The van der Waals surface area contributed by atoms with Crippen LogP contribution >= 0.6 is 0 Å². The predicted octanol–water partition coefficient (Wildman–Crippen LogP) is 3.02. The summed E-state index contributed by atoms with van der Waals surface area (Å²) < 4.78 is 10.9. The number of rotatable bonds is 24. The first-order valence-corrected chi connectivity index (χ1v) is 21.0. The predicted molar refractivity (Wildman–Crippen MR) is 226 cm³/mol. The molecule has 0 aromatic heterocycles. The van der Waals surface area contributed by atoms with Crippen molar-refractivity contribution >= 4 is 35.4 Å². The third-order valence-corrected chi connectivity index (χ3v) is 10.8. The number of carboxylic acid groups (broad SMARTS) is 1. The number of benzene rings is 2. The van der Waals surface area contributed by atoms with Crippen LogP contribution in [-0.4, -0.2) is 126 Å². The Morgan fingerprint density at radius 2 is 1.35 bits per heavy atom. The number of carboxylic acids is 1. The number of carbonyl (C=O) groups is 6. The Hall–Kier alpha value is -5.10. The van der Waals surface area contributed by atoms with Gasteiger partial charge in [-0.25, -0.2) is 0 Å². The number of amides is 4. The van der Waals surface area contributed by atoms with E-state index in [4.69, 9.17) is 15.9 Å². The van der Waals surface area contributed by atoms with E-state index in [1.165, 1.54) is 4.90 Å². The number of hydrogen-bond donors (Lipinski definition) is 4. The van der Waals surface area contributed by atoms with Crippen LogP contribution in [0, 0.1) is 30.1 Å². The number of ether oxygens (including phenoxy) is 2. The molecule has 2 aliphatic rings. The molecule has 2 fully saturated rings. The number of hydrogen-bond acceptors (Lipinski definition) is 9. The first kappa shape index (κ1) is 47.6. The highest BCUT2D eigenvalue weighted by molar-refractivity contribution is 5.99. The Morgan fingerprint density at radius 3 is 1.90 bits per heavy atom. The molecule has 2 aromatic rings. The lowest BCUT2D eigenvalue weighted by Gasteiger charge is -2.36. The van der Waals surface area contributed by atoms with Gasteiger partial charge in [-0.1, -0.05) is 88.4 Å². The van der Waals surface area contributed by atoms with Crippen molar-refractivity contribution in [1.29, 1.82) is 0 Å². The summed E-state index contributed by atoms with van der Waals surface area (Å²) in [5.41, 5.74) is 0.691. The van der Waals surface area contributed by atoms with Crippen molar-refractivity contribution in [3.8, 4) is 12.3 Å². The van der Waals surface area contributed by atoms with Crippen LogP contribution < -0.4 is 16.0 Å². The second-order valence-electron chi connectivity index (χ2n) is 16.9. The zero-order valence-corrected chi connectivity index (χ0v) is 35.7. The monoisotopic (exact) mass is 829 g/mol. The van der Waals surface area contributed by atoms with E-state index in [1.807, 2.05) is 93.3 Å². The number of aryl methyl sites for hydroxylation is 1. The number of Topliss-reactive ketones (excluding diaryl/α,β-unsaturated/α-hetero) is 1. The van der Waals surface area contributed by atoms with Crippen LogP contribution in [0.4, 0.5) is 0 Å². The van der Waals surface area contributed by atoms with Crippen LogP contribution in [-0.2, 0) is 51.1 Å². The van der Waals surface area contributed by atoms with Gasteiger partial charge in [0.2, 0.25) is 23.6 Å². The van der Waals surface area contributed by atoms with Crippen molar-refractivity contribution in [2.45, 2.75) is 103 Å². The summed E-state index contributed by atoms with van der Waals surface area (Å²) in [5, 5.41) is 18.8. The molecule has 4 N–H and O–H groups in total. The number of terminal acetylenes is 1. The average molecular weight is 830 g/mol. The molecule has 60 heavy (non-hydrogen) atoms. The van der Waals surface area contributed by atoms with Gasteiger partial charge in [-0.3, -0.25) is 33.7 Å². The minimum atomic E-state index is -1.20. The van der Waals surface area contributed by atoms with Gasteiger partial charge in [-0.15, -0.1) is 12.3 Å². The number of aliphatic carboxylic acids is 1. The van der Waals surface area contributed by atoms with Crippen LogP contribution in [0.2, 0.25) is 0 Å². The van der Waals surface area contributed by atoms with Crippen molar-refractivity contribution in [3.05, 3.63) is 71.8 Å². The summed E-state index contributed by atoms with van der Waals surface area (Å²) in [7, 11) is 0. The lowest BCUT2D eigenvalue weighted by Crippen LogP contribution is -2.60. The van der Waals surface area contributed by atoms with Crippen molar-refractivity contribution in [2.24, 2.45) is 17.8 Å². The minimum Gasteiger partial charge on any atom is -0.481 e. The van der Waals surface area contributed by atoms with E-state index in [2.05, 4.69) is 21.9 Å². The molecule has 0 spiro atoms. The summed E-state index contributed by atoms with van der Waals surface area (Å²) in [5.74, 6) is -2.49. The highest BCUT2D eigenvalue weighted by atomic mass is 16.6. The molecular formula is C46H63N5O9. The Bertz CT molecular complexity index is 1790. The summed E-state index contributed by atoms with van der Waals surface area (Å²) in [6.07, 6.45) is 6.55. The quantitative estimate of drug-likeness (QED) is 0.0906. The van der Waals surface area contributed by atoms with Crippen molar-refractivity contribution in [3.63, 3.8) is 0 Å². The van der Waals surface area contributed by atoms with Gasteiger partial charge in [0.1, 0.15) is 23.7 Å². The number of nitrogens with one attached hydrogen (secondary N) is 3.